The molecule has 0 saturated carbocycles. The molecule has 0 aliphatic rings. The standard InChI is InChI=1S/C74H146O4/c1-4-6-8-10-12-14-16-18-20-22-23-32-35-39-43-47-51-55-59-63-67-71(74(77)78)73(76)69-65-61-57-53-49-45-41-37-34-31-29-27-25-24-26-28-30-33-36-40-44-48-52-56-60-64-68-72(75)70(3)66-62-58-54-50-46-42-38-21-19-17-15-13-11-9-7-5-2/h70-71,73,76H,4-69H2,1-3H3,(H,77,78). The zero-order valence-corrected chi connectivity index (χ0v) is 54.1. The lowest BCUT2D eigenvalue weighted by Crippen LogP contribution is -2.28. The number of ketones is 1. The van der Waals surface area contributed by atoms with Crippen molar-refractivity contribution in [2.24, 2.45) is 11.8 Å². The van der Waals surface area contributed by atoms with Crippen molar-refractivity contribution in [2.45, 2.75) is 451 Å². The molecular formula is C74H146O4. The third-order valence-electron chi connectivity index (χ3n) is 18.4. The van der Waals surface area contributed by atoms with Crippen LogP contribution in [0.5, 0.6) is 0 Å². The molecule has 0 rings (SSSR count). The van der Waals surface area contributed by atoms with Crippen LogP contribution in [0, 0.1) is 11.8 Å². The van der Waals surface area contributed by atoms with E-state index in [0.717, 1.165) is 44.9 Å². The Morgan fingerprint density at radius 3 is 0.654 bits per heavy atom. The van der Waals surface area contributed by atoms with Gasteiger partial charge in [0, 0.05) is 12.3 Å². The molecule has 0 fully saturated rings. The highest BCUT2D eigenvalue weighted by Gasteiger charge is 2.25. The summed E-state index contributed by atoms with van der Waals surface area (Å²) in [6.07, 6.45) is 87.1. The van der Waals surface area contributed by atoms with Crippen LogP contribution in [0.1, 0.15) is 445 Å². The summed E-state index contributed by atoms with van der Waals surface area (Å²) >= 11 is 0. The fourth-order valence-electron chi connectivity index (χ4n) is 12.6. The van der Waals surface area contributed by atoms with Crippen LogP contribution in [0.2, 0.25) is 0 Å². The molecule has 0 aromatic heterocycles. The van der Waals surface area contributed by atoms with Crippen LogP contribution in [0.25, 0.3) is 0 Å². The fourth-order valence-corrected chi connectivity index (χ4v) is 12.6. The van der Waals surface area contributed by atoms with Gasteiger partial charge in [0.05, 0.1) is 12.0 Å². The Morgan fingerprint density at radius 2 is 0.436 bits per heavy atom. The highest BCUT2D eigenvalue weighted by molar-refractivity contribution is 5.80. The Morgan fingerprint density at radius 1 is 0.256 bits per heavy atom. The van der Waals surface area contributed by atoms with Crippen molar-refractivity contribution in [3.8, 4) is 0 Å². The number of aliphatic hydroxyl groups is 1. The highest BCUT2D eigenvalue weighted by Crippen LogP contribution is 2.23. The first-order valence-corrected chi connectivity index (χ1v) is 36.9. The molecule has 0 radical (unpaired) electrons. The number of carbonyl (C=O) groups excluding carboxylic acids is 1. The number of Topliss-reactive ketones (excluding diaryl/α,β-unsaturated/α-hetero) is 1. The number of carboxylic acids is 1. The lowest BCUT2D eigenvalue weighted by molar-refractivity contribution is -0.146. The first-order chi connectivity index (χ1) is 38.4. The van der Waals surface area contributed by atoms with E-state index in [4.69, 9.17) is 0 Å². The van der Waals surface area contributed by atoms with Gasteiger partial charge in [0.15, 0.2) is 0 Å². The molecule has 4 nitrogen and oxygen atoms in total. The Hall–Kier alpha value is -0.900. The molecule has 0 amide bonds. The Kier molecular flexibility index (Phi) is 66.1. The molecule has 0 aliphatic heterocycles. The number of aliphatic carboxylic acids is 1. The van der Waals surface area contributed by atoms with Crippen molar-refractivity contribution >= 4 is 11.8 Å². The van der Waals surface area contributed by atoms with Crippen LogP contribution in [-0.2, 0) is 9.59 Å². The number of rotatable bonds is 70. The van der Waals surface area contributed by atoms with Gasteiger partial charge in [-0.25, -0.2) is 0 Å². The number of carboxylic acid groups (broad SMARTS) is 1. The zero-order valence-electron chi connectivity index (χ0n) is 54.1. The van der Waals surface area contributed by atoms with Gasteiger partial charge in [0.25, 0.3) is 0 Å². The molecule has 0 saturated heterocycles. The summed E-state index contributed by atoms with van der Waals surface area (Å²) in [5.41, 5.74) is 0. The van der Waals surface area contributed by atoms with Gasteiger partial charge >= 0.3 is 5.97 Å². The van der Waals surface area contributed by atoms with Crippen LogP contribution in [0.3, 0.4) is 0 Å². The summed E-state index contributed by atoms with van der Waals surface area (Å²) in [5.74, 6) is -0.586. The largest absolute Gasteiger partial charge is 0.481 e. The van der Waals surface area contributed by atoms with Gasteiger partial charge in [0.2, 0.25) is 0 Å². The minimum atomic E-state index is -0.804. The summed E-state index contributed by atoms with van der Waals surface area (Å²) < 4.78 is 0. The lowest BCUT2D eigenvalue weighted by Gasteiger charge is -2.19. The minimum Gasteiger partial charge on any atom is -0.481 e. The van der Waals surface area contributed by atoms with E-state index in [-0.39, 0.29) is 5.92 Å². The minimum absolute atomic E-state index is 0.277. The van der Waals surface area contributed by atoms with Gasteiger partial charge in [0.1, 0.15) is 5.78 Å². The molecule has 466 valence electrons. The number of carbonyl (C=O) groups is 2. The number of hydrogen-bond donors (Lipinski definition) is 2. The Bertz CT molecular complexity index is 1140. The van der Waals surface area contributed by atoms with Crippen molar-refractivity contribution in [3.05, 3.63) is 0 Å². The summed E-state index contributed by atoms with van der Waals surface area (Å²) in [6.45, 7) is 6.78. The van der Waals surface area contributed by atoms with Gasteiger partial charge in [-0.1, -0.05) is 412 Å². The van der Waals surface area contributed by atoms with Crippen molar-refractivity contribution < 1.29 is 19.8 Å². The zero-order chi connectivity index (χ0) is 56.6. The summed E-state index contributed by atoms with van der Waals surface area (Å²) in [6, 6.07) is 0. The quantitative estimate of drug-likeness (QED) is 0.0595. The van der Waals surface area contributed by atoms with Crippen LogP contribution in [0.4, 0.5) is 0 Å². The van der Waals surface area contributed by atoms with Crippen LogP contribution in [0.15, 0.2) is 0 Å². The maximum atomic E-state index is 12.7. The summed E-state index contributed by atoms with van der Waals surface area (Å²) in [4.78, 5) is 24.6. The first kappa shape index (κ1) is 77.1. The molecule has 0 aromatic carbocycles. The van der Waals surface area contributed by atoms with Crippen molar-refractivity contribution in [1.29, 1.82) is 0 Å². The van der Waals surface area contributed by atoms with E-state index in [1.165, 1.54) is 366 Å². The Balaban J connectivity index is 3.38. The van der Waals surface area contributed by atoms with Crippen LogP contribution < -0.4 is 0 Å². The number of unbranched alkanes of at least 4 members (excludes halogenated alkanes) is 59. The van der Waals surface area contributed by atoms with Crippen molar-refractivity contribution in [2.75, 3.05) is 0 Å². The summed E-state index contributed by atoms with van der Waals surface area (Å²) in [7, 11) is 0. The van der Waals surface area contributed by atoms with Crippen LogP contribution >= 0.6 is 0 Å². The van der Waals surface area contributed by atoms with E-state index >= 15 is 0 Å². The monoisotopic (exact) mass is 1100 g/mol. The predicted octanol–water partition coefficient (Wildman–Crippen LogP) is 26.0. The third-order valence-corrected chi connectivity index (χ3v) is 18.4. The molecule has 0 bridgehead atoms. The average Bonchev–Trinajstić information content (AvgIpc) is 3.43. The third kappa shape index (κ3) is 61.2. The van der Waals surface area contributed by atoms with E-state index in [2.05, 4.69) is 20.8 Å². The average molecular weight is 1100 g/mol. The second kappa shape index (κ2) is 66.9. The lowest BCUT2D eigenvalue weighted by atomic mass is 9.91. The van der Waals surface area contributed by atoms with E-state index < -0.39 is 18.0 Å². The molecule has 3 unspecified atom stereocenters. The fraction of sp³-hybridized carbons (Fsp3) is 0.973. The Labute approximate surface area is 491 Å². The topological polar surface area (TPSA) is 74.6 Å². The van der Waals surface area contributed by atoms with Gasteiger partial charge < -0.3 is 10.2 Å². The predicted molar refractivity (Wildman–Crippen MR) is 347 cm³/mol. The smallest absolute Gasteiger partial charge is 0.309 e. The number of hydrogen-bond acceptors (Lipinski definition) is 3. The molecule has 0 aromatic rings. The van der Waals surface area contributed by atoms with Crippen LogP contribution in [-0.4, -0.2) is 28.1 Å². The van der Waals surface area contributed by atoms with E-state index in [9.17, 15) is 19.8 Å². The molecule has 78 heavy (non-hydrogen) atoms. The molecule has 2 N–H and O–H groups in total. The molecule has 3 atom stereocenters. The second-order valence-corrected chi connectivity index (χ2v) is 26.2. The normalized spacial score (nSPS) is 12.9. The SMILES string of the molecule is CCCCCCCCCCCCCCCCCCCCCCC(C(=O)O)C(O)CCCCCCCCCCCCCCCCCCCCCCCCCCCCC(=O)C(C)CCCCCCCCCCCCCCCCCC. The second-order valence-electron chi connectivity index (χ2n) is 26.2. The van der Waals surface area contributed by atoms with Crippen molar-refractivity contribution in [3.63, 3.8) is 0 Å². The molecular weight excluding hydrogens is 953 g/mol. The van der Waals surface area contributed by atoms with E-state index in [1.54, 1.807) is 0 Å². The van der Waals surface area contributed by atoms with Gasteiger partial charge in [-0.2, -0.15) is 0 Å². The van der Waals surface area contributed by atoms with Gasteiger partial charge in [-0.15, -0.1) is 0 Å². The molecule has 0 heterocycles. The van der Waals surface area contributed by atoms with Gasteiger partial charge in [-0.05, 0) is 25.7 Å². The number of aliphatic hydroxyl groups excluding tert-OH is 1. The molecule has 4 heteroatoms. The maximum Gasteiger partial charge on any atom is 0.309 e. The van der Waals surface area contributed by atoms with Crippen molar-refractivity contribution in [1.82, 2.24) is 0 Å². The van der Waals surface area contributed by atoms with E-state index in [1.807, 2.05) is 0 Å². The maximum absolute atomic E-state index is 12.7. The molecule has 0 spiro atoms. The van der Waals surface area contributed by atoms with Gasteiger partial charge in [-0.3, -0.25) is 9.59 Å². The first-order valence-electron chi connectivity index (χ1n) is 36.9. The highest BCUT2D eigenvalue weighted by atomic mass is 16.4. The van der Waals surface area contributed by atoms with E-state index in [0.29, 0.717) is 18.6 Å². The summed E-state index contributed by atoms with van der Waals surface area (Å²) in [5, 5.41) is 20.5. The molecule has 0 aliphatic carbocycles.